The van der Waals surface area contributed by atoms with Gasteiger partial charge in [0.1, 0.15) is 5.84 Å². The molecule has 1 aromatic carbocycles. The van der Waals surface area contributed by atoms with Crippen molar-refractivity contribution in [2.24, 2.45) is 0 Å². The summed E-state index contributed by atoms with van der Waals surface area (Å²) in [5.74, 6) is 0.928. The fourth-order valence-corrected chi connectivity index (χ4v) is 2.12. The molecule has 8 nitrogen and oxygen atoms in total. The van der Waals surface area contributed by atoms with Crippen molar-refractivity contribution < 1.29 is 9.53 Å². The van der Waals surface area contributed by atoms with Gasteiger partial charge in [0, 0.05) is 26.7 Å². The Morgan fingerprint density at radius 1 is 1.38 bits per heavy atom. The quantitative estimate of drug-likeness (QED) is 0.416. The zero-order valence-electron chi connectivity index (χ0n) is 15.6. The molecule has 0 atom stereocenters. The molecule has 8 heteroatoms. The lowest BCUT2D eigenvalue weighted by atomic mass is 10.2. The number of hydrogen-bond donors (Lipinski definition) is 3. The first-order chi connectivity index (χ1) is 12.4. The number of hydrogen-bond acceptors (Lipinski definition) is 7. The van der Waals surface area contributed by atoms with E-state index in [4.69, 9.17) is 10.8 Å². The minimum Gasteiger partial charge on any atom is -0.468 e. The van der Waals surface area contributed by atoms with Crippen LogP contribution in [0, 0.1) is 10.8 Å². The van der Waals surface area contributed by atoms with Crippen molar-refractivity contribution in [3.8, 4) is 0 Å². The number of carbonyl (C=O) groups is 1. The highest BCUT2D eigenvalue weighted by Crippen LogP contribution is 2.14. The van der Waals surface area contributed by atoms with Gasteiger partial charge in [0.2, 0.25) is 0 Å². The number of benzene rings is 1. The highest BCUT2D eigenvalue weighted by atomic mass is 16.5. The van der Waals surface area contributed by atoms with Gasteiger partial charge in [0.15, 0.2) is 11.3 Å². The third-order valence-corrected chi connectivity index (χ3v) is 3.42. The molecule has 2 rings (SSSR count). The van der Waals surface area contributed by atoms with Crippen LogP contribution in [0.3, 0.4) is 0 Å². The molecule has 1 heterocycles. The normalized spacial score (nSPS) is 9.54. The summed E-state index contributed by atoms with van der Waals surface area (Å²) in [5, 5.41) is 23.1. The smallest absolute Gasteiger partial charge is 0.293 e. The lowest BCUT2D eigenvalue weighted by molar-refractivity contribution is -0.128. The first-order valence-electron chi connectivity index (χ1n) is 8.17. The highest BCUT2D eigenvalue weighted by molar-refractivity contribution is 5.78. The molecule has 0 bridgehead atoms. The van der Waals surface area contributed by atoms with Gasteiger partial charge in [-0.2, -0.15) is 4.68 Å². The number of aromatic nitrogens is 2. The van der Waals surface area contributed by atoms with Crippen LogP contribution in [0.4, 0.5) is 11.5 Å². The first-order valence-corrected chi connectivity index (χ1v) is 8.17. The Morgan fingerprint density at radius 3 is 2.50 bits per heavy atom. The number of rotatable bonds is 6. The maximum absolute atomic E-state index is 9.18. The van der Waals surface area contributed by atoms with Crippen LogP contribution < -0.4 is 15.7 Å². The van der Waals surface area contributed by atoms with E-state index in [1.54, 1.807) is 20.9 Å². The molecule has 3 N–H and O–H groups in total. The molecule has 0 unspecified atom stereocenters. The minimum atomic E-state index is 0.182. The Labute approximate surface area is 153 Å². The predicted molar refractivity (Wildman–Crippen MR) is 103 cm³/mol. The number of nitrogens with zero attached hydrogens (tertiary/aromatic N) is 3. The molecule has 26 heavy (non-hydrogen) atoms. The predicted octanol–water partition coefficient (Wildman–Crippen LogP) is 2.07. The molecular weight excluding hydrogens is 332 g/mol. The molecule has 0 aliphatic carbocycles. The van der Waals surface area contributed by atoms with Gasteiger partial charge in [0.25, 0.3) is 6.47 Å². The van der Waals surface area contributed by atoms with Gasteiger partial charge in [-0.1, -0.05) is 30.3 Å². The van der Waals surface area contributed by atoms with E-state index in [1.165, 1.54) is 10.2 Å². The van der Waals surface area contributed by atoms with Gasteiger partial charge in [-0.15, -0.1) is 5.10 Å². The van der Waals surface area contributed by atoms with Crippen LogP contribution in [0.25, 0.3) is 0 Å². The van der Waals surface area contributed by atoms with E-state index in [9.17, 15) is 4.79 Å². The largest absolute Gasteiger partial charge is 0.468 e. The van der Waals surface area contributed by atoms with Crippen molar-refractivity contribution in [1.82, 2.24) is 9.78 Å². The Kier molecular flexibility index (Phi) is 8.56. The van der Waals surface area contributed by atoms with E-state index in [2.05, 4.69) is 27.3 Å². The van der Waals surface area contributed by atoms with E-state index in [1.807, 2.05) is 36.2 Å². The molecule has 140 valence electrons. The second kappa shape index (κ2) is 10.7. The Balaban J connectivity index is 0.000000597. The van der Waals surface area contributed by atoms with Gasteiger partial charge < -0.3 is 15.0 Å². The minimum absolute atomic E-state index is 0.182. The van der Waals surface area contributed by atoms with Crippen molar-refractivity contribution in [3.05, 3.63) is 47.4 Å². The summed E-state index contributed by atoms with van der Waals surface area (Å²) in [7, 11) is 3.71. The highest BCUT2D eigenvalue weighted by Gasteiger charge is 2.10. The monoisotopic (exact) mass is 358 g/mol. The zero-order chi connectivity index (χ0) is 19.5. The van der Waals surface area contributed by atoms with Crippen molar-refractivity contribution in [3.63, 3.8) is 0 Å². The first kappa shape index (κ1) is 20.9. The van der Waals surface area contributed by atoms with Crippen molar-refractivity contribution in [2.45, 2.75) is 20.4 Å². The fraction of sp³-hybridized carbons (Fsp3) is 0.333. The molecule has 0 spiro atoms. The summed E-state index contributed by atoms with van der Waals surface area (Å²) in [6, 6.07) is 11.9. The molecule has 0 saturated heterocycles. The number of nitrogens with one attached hydrogen (secondary N) is 3. The SMILES string of the molecule is CCOC=O.CNc1cc(N(C)Cc2ccccc2)nn(C(C)=N)c1=N. The van der Waals surface area contributed by atoms with Crippen LogP contribution in [0.2, 0.25) is 0 Å². The lowest BCUT2D eigenvalue weighted by Gasteiger charge is -2.20. The third-order valence-electron chi connectivity index (χ3n) is 3.42. The molecule has 0 saturated carbocycles. The van der Waals surface area contributed by atoms with E-state index in [0.717, 1.165) is 0 Å². The standard InChI is InChI=1S/C15H20N6.C3H6O2/c1-11(16)21-15(17)13(18-2)9-14(19-21)20(3)10-12-7-5-4-6-8-12;1-2-5-3-4/h4-9,16-18H,10H2,1-3H3;3H,2H2,1H3. The van der Waals surface area contributed by atoms with E-state index in [0.29, 0.717) is 31.1 Å². The lowest BCUT2D eigenvalue weighted by Crippen LogP contribution is -2.32. The zero-order valence-corrected chi connectivity index (χ0v) is 15.6. The van der Waals surface area contributed by atoms with Gasteiger partial charge in [-0.05, 0) is 19.4 Å². The van der Waals surface area contributed by atoms with Gasteiger partial charge in [0.05, 0.1) is 12.3 Å². The Morgan fingerprint density at radius 2 is 2.04 bits per heavy atom. The molecule has 2 aromatic rings. The maximum Gasteiger partial charge on any atom is 0.293 e. The summed E-state index contributed by atoms with van der Waals surface area (Å²) >= 11 is 0. The number of anilines is 2. The van der Waals surface area contributed by atoms with E-state index < -0.39 is 0 Å². The maximum atomic E-state index is 9.18. The van der Waals surface area contributed by atoms with Gasteiger partial charge >= 0.3 is 0 Å². The molecule has 0 aliphatic heterocycles. The summed E-state index contributed by atoms with van der Waals surface area (Å²) in [4.78, 5) is 11.2. The summed E-state index contributed by atoms with van der Waals surface area (Å²) in [6.07, 6.45) is 0. The van der Waals surface area contributed by atoms with Crippen molar-refractivity contribution in [1.29, 1.82) is 10.8 Å². The fourth-order valence-electron chi connectivity index (χ4n) is 2.12. The van der Waals surface area contributed by atoms with Gasteiger partial charge in [-0.25, -0.2) is 0 Å². The molecule has 0 amide bonds. The summed E-state index contributed by atoms with van der Waals surface area (Å²) in [5.41, 5.74) is 2.01. The summed E-state index contributed by atoms with van der Waals surface area (Å²) < 4.78 is 5.47. The average Bonchev–Trinajstić information content (AvgIpc) is 2.63. The third kappa shape index (κ3) is 6.04. The Hall–Kier alpha value is -3.16. The molecule has 0 aliphatic rings. The summed E-state index contributed by atoms with van der Waals surface area (Å²) in [6.45, 7) is 4.99. The van der Waals surface area contributed by atoms with Gasteiger partial charge in [-0.3, -0.25) is 15.6 Å². The van der Waals surface area contributed by atoms with Crippen LogP contribution in [-0.4, -0.2) is 42.8 Å². The van der Waals surface area contributed by atoms with E-state index >= 15 is 0 Å². The topological polar surface area (TPSA) is 107 Å². The average molecular weight is 358 g/mol. The Bertz CT molecular complexity index is 773. The molecule has 0 fully saturated rings. The second-order valence-electron chi connectivity index (χ2n) is 5.41. The second-order valence-corrected chi connectivity index (χ2v) is 5.41. The number of ether oxygens (including phenoxy) is 1. The number of carbonyl (C=O) groups excluding carboxylic acids is 1. The van der Waals surface area contributed by atoms with E-state index in [-0.39, 0.29) is 11.3 Å². The molecule has 1 aromatic heterocycles. The van der Waals surface area contributed by atoms with Crippen LogP contribution in [0.5, 0.6) is 0 Å². The molecular formula is C18H26N6O2. The molecule has 0 radical (unpaired) electrons. The van der Waals surface area contributed by atoms with Crippen LogP contribution in [0.15, 0.2) is 36.4 Å². The van der Waals surface area contributed by atoms with Crippen LogP contribution >= 0.6 is 0 Å². The van der Waals surface area contributed by atoms with Crippen LogP contribution in [0.1, 0.15) is 19.4 Å². The van der Waals surface area contributed by atoms with Crippen molar-refractivity contribution in [2.75, 3.05) is 30.9 Å². The van der Waals surface area contributed by atoms with Crippen LogP contribution in [-0.2, 0) is 16.1 Å². The van der Waals surface area contributed by atoms with Crippen molar-refractivity contribution >= 4 is 23.8 Å².